The van der Waals surface area contributed by atoms with Gasteiger partial charge in [-0.15, -0.1) is 0 Å². The van der Waals surface area contributed by atoms with E-state index < -0.39 is 10.8 Å². The molecule has 0 aliphatic carbocycles. The number of carbonyl (C=O) groups excluding carboxylic acids is 2. The number of hydrogen-bond acceptors (Lipinski definition) is 6. The Balaban J connectivity index is 1.49. The molecule has 1 aliphatic heterocycles. The molecule has 11 heteroatoms. The molecule has 0 spiro atoms. The standard InChI is InChI=1S/C24H15FI2N2O5S/c25-17-6-4-14(5-7-17)12-28-23(30)21(35-24(28)31)11-16-9-19(26)22(20(27)10-16)34-13-15-2-1-3-18(8-15)29(32)33/h1-11H,12-13H2/b21-11-. The Bertz CT molecular complexity index is 1340. The van der Waals surface area contributed by atoms with Crippen LogP contribution in [0.4, 0.5) is 14.9 Å². The number of halogens is 3. The van der Waals surface area contributed by atoms with E-state index >= 15 is 0 Å². The summed E-state index contributed by atoms with van der Waals surface area (Å²) in [7, 11) is 0. The Morgan fingerprint density at radius 1 is 1.03 bits per heavy atom. The predicted octanol–water partition coefficient (Wildman–Crippen LogP) is 6.76. The van der Waals surface area contributed by atoms with Crippen LogP contribution in [0.15, 0.2) is 65.6 Å². The quantitative estimate of drug-likeness (QED) is 0.116. The maximum absolute atomic E-state index is 13.1. The molecule has 3 aromatic carbocycles. The number of nitrogens with zero attached hydrogens (tertiary/aromatic N) is 2. The molecule has 178 valence electrons. The first kappa shape index (κ1) is 25.6. The third-order valence-electron chi connectivity index (χ3n) is 4.95. The largest absolute Gasteiger partial charge is 0.487 e. The Kier molecular flexibility index (Phi) is 8.06. The maximum atomic E-state index is 13.1. The van der Waals surface area contributed by atoms with E-state index in [1.165, 1.54) is 24.3 Å². The molecule has 0 saturated carbocycles. The summed E-state index contributed by atoms with van der Waals surface area (Å²) in [5, 5.41) is 10.6. The molecule has 1 saturated heterocycles. The van der Waals surface area contributed by atoms with Gasteiger partial charge >= 0.3 is 0 Å². The van der Waals surface area contributed by atoms with Crippen molar-refractivity contribution in [2.24, 2.45) is 0 Å². The van der Waals surface area contributed by atoms with Crippen molar-refractivity contribution in [1.29, 1.82) is 0 Å². The third-order valence-corrected chi connectivity index (χ3v) is 7.46. The number of thioether (sulfide) groups is 1. The van der Waals surface area contributed by atoms with Gasteiger partial charge in [-0.3, -0.25) is 24.6 Å². The molecular weight excluding hydrogens is 701 g/mol. The lowest BCUT2D eigenvalue weighted by molar-refractivity contribution is -0.384. The molecule has 1 heterocycles. The Labute approximate surface area is 231 Å². The molecule has 3 aromatic rings. The van der Waals surface area contributed by atoms with Gasteiger partial charge in [0.05, 0.1) is 23.5 Å². The summed E-state index contributed by atoms with van der Waals surface area (Å²) in [4.78, 5) is 37.2. The molecule has 0 bridgehead atoms. The van der Waals surface area contributed by atoms with Crippen LogP contribution in [-0.4, -0.2) is 21.0 Å². The van der Waals surface area contributed by atoms with Crippen LogP contribution < -0.4 is 4.74 Å². The fraction of sp³-hybridized carbons (Fsp3) is 0.0833. The number of rotatable bonds is 7. The molecule has 0 radical (unpaired) electrons. The summed E-state index contributed by atoms with van der Waals surface area (Å²) < 4.78 is 20.6. The van der Waals surface area contributed by atoms with Gasteiger partial charge in [-0.2, -0.15) is 0 Å². The van der Waals surface area contributed by atoms with Gasteiger partial charge in [0, 0.05) is 12.1 Å². The van der Waals surface area contributed by atoms with Gasteiger partial charge < -0.3 is 4.74 Å². The summed E-state index contributed by atoms with van der Waals surface area (Å²) in [6.07, 6.45) is 1.66. The van der Waals surface area contributed by atoms with Crippen molar-refractivity contribution < 1.29 is 23.6 Å². The molecule has 1 aliphatic rings. The van der Waals surface area contributed by atoms with E-state index in [-0.39, 0.29) is 29.9 Å². The normalized spacial score (nSPS) is 14.6. The van der Waals surface area contributed by atoms with E-state index in [1.807, 2.05) is 12.1 Å². The second-order valence-corrected chi connectivity index (χ2v) is 10.7. The van der Waals surface area contributed by atoms with Crippen LogP contribution in [0.2, 0.25) is 0 Å². The monoisotopic (exact) mass is 716 g/mol. The van der Waals surface area contributed by atoms with Crippen molar-refractivity contribution in [2.45, 2.75) is 13.2 Å². The van der Waals surface area contributed by atoms with Crippen LogP contribution in [0, 0.1) is 23.1 Å². The topological polar surface area (TPSA) is 89.7 Å². The molecule has 7 nitrogen and oxygen atoms in total. The van der Waals surface area contributed by atoms with Gasteiger partial charge in [-0.25, -0.2) is 4.39 Å². The number of nitro benzene ring substituents is 1. The SMILES string of the molecule is O=C1S/C(=C\c2cc(I)c(OCc3cccc([N+](=O)[O-])c3)c(I)c2)C(=O)N1Cc1ccc(F)cc1. The number of hydrogen-bond donors (Lipinski definition) is 0. The number of non-ortho nitro benzene ring substituents is 1. The number of imide groups is 1. The highest BCUT2D eigenvalue weighted by Gasteiger charge is 2.35. The van der Waals surface area contributed by atoms with Crippen molar-refractivity contribution >= 4 is 79.9 Å². The third kappa shape index (κ3) is 6.19. The summed E-state index contributed by atoms with van der Waals surface area (Å²) in [6, 6.07) is 15.6. The van der Waals surface area contributed by atoms with Crippen molar-refractivity contribution in [3.05, 3.63) is 105 Å². The summed E-state index contributed by atoms with van der Waals surface area (Å²) >= 11 is 5.10. The van der Waals surface area contributed by atoms with E-state index in [0.717, 1.165) is 29.4 Å². The zero-order chi connectivity index (χ0) is 25.1. The summed E-state index contributed by atoms with van der Waals surface area (Å²) in [6.45, 7) is 0.233. The second-order valence-electron chi connectivity index (χ2n) is 7.42. The van der Waals surface area contributed by atoms with E-state index in [2.05, 4.69) is 45.2 Å². The number of benzene rings is 3. The van der Waals surface area contributed by atoms with Crippen molar-refractivity contribution in [3.63, 3.8) is 0 Å². The Hall–Kier alpha value is -2.52. The number of amides is 2. The molecule has 1 fully saturated rings. The highest BCUT2D eigenvalue weighted by Crippen LogP contribution is 2.35. The zero-order valence-electron chi connectivity index (χ0n) is 17.7. The molecule has 0 atom stereocenters. The van der Waals surface area contributed by atoms with Gasteiger partial charge in [0.15, 0.2) is 0 Å². The first-order chi connectivity index (χ1) is 16.7. The smallest absolute Gasteiger partial charge is 0.293 e. The molecule has 4 rings (SSSR count). The summed E-state index contributed by atoms with van der Waals surface area (Å²) in [5.74, 6) is -0.163. The average Bonchev–Trinajstić information content (AvgIpc) is 3.07. The van der Waals surface area contributed by atoms with Gasteiger partial charge in [-0.1, -0.05) is 24.3 Å². The fourth-order valence-corrected chi connectivity index (χ4v) is 6.24. The minimum atomic E-state index is -0.451. The van der Waals surface area contributed by atoms with Crippen molar-refractivity contribution in [1.82, 2.24) is 4.90 Å². The fourth-order valence-electron chi connectivity index (χ4n) is 3.28. The van der Waals surface area contributed by atoms with E-state index in [1.54, 1.807) is 30.3 Å². The van der Waals surface area contributed by atoms with Crippen LogP contribution in [0.1, 0.15) is 16.7 Å². The minimum Gasteiger partial charge on any atom is -0.487 e. The number of nitro groups is 1. The highest BCUT2D eigenvalue weighted by molar-refractivity contribution is 14.1. The van der Waals surface area contributed by atoms with Gasteiger partial charge in [0.2, 0.25) is 0 Å². The first-order valence-electron chi connectivity index (χ1n) is 10.1. The lowest BCUT2D eigenvalue weighted by atomic mass is 10.2. The van der Waals surface area contributed by atoms with Crippen LogP contribution in [0.25, 0.3) is 6.08 Å². The highest BCUT2D eigenvalue weighted by atomic mass is 127. The van der Waals surface area contributed by atoms with Crippen molar-refractivity contribution in [2.75, 3.05) is 0 Å². The number of ether oxygens (including phenoxy) is 1. The molecule has 2 amide bonds. The van der Waals surface area contributed by atoms with Gasteiger partial charge in [-0.05, 0) is 104 Å². The van der Waals surface area contributed by atoms with E-state index in [9.17, 15) is 24.1 Å². The van der Waals surface area contributed by atoms with E-state index in [4.69, 9.17) is 4.74 Å². The second kappa shape index (κ2) is 11.0. The summed E-state index contributed by atoms with van der Waals surface area (Å²) in [5.41, 5.74) is 2.06. The number of carbonyl (C=O) groups is 2. The van der Waals surface area contributed by atoms with Crippen LogP contribution >= 0.6 is 56.9 Å². The average molecular weight is 716 g/mol. The zero-order valence-corrected chi connectivity index (χ0v) is 22.9. The maximum Gasteiger partial charge on any atom is 0.293 e. The molecule has 0 unspecified atom stereocenters. The van der Waals surface area contributed by atoms with Gasteiger partial charge in [0.25, 0.3) is 16.8 Å². The first-order valence-corrected chi connectivity index (χ1v) is 13.0. The van der Waals surface area contributed by atoms with Gasteiger partial charge in [0.1, 0.15) is 18.2 Å². The Morgan fingerprint density at radius 2 is 1.71 bits per heavy atom. The predicted molar refractivity (Wildman–Crippen MR) is 147 cm³/mol. The molecule has 0 aromatic heterocycles. The minimum absolute atomic E-state index is 0.000726. The van der Waals surface area contributed by atoms with Crippen molar-refractivity contribution in [3.8, 4) is 5.75 Å². The van der Waals surface area contributed by atoms with Crippen LogP contribution in [-0.2, 0) is 17.9 Å². The lowest BCUT2D eigenvalue weighted by Crippen LogP contribution is -2.27. The molecule has 35 heavy (non-hydrogen) atoms. The van der Waals surface area contributed by atoms with Crippen LogP contribution in [0.3, 0.4) is 0 Å². The van der Waals surface area contributed by atoms with E-state index in [0.29, 0.717) is 21.8 Å². The molecule has 0 N–H and O–H groups in total. The molecular formula is C24H15FI2N2O5S. The van der Waals surface area contributed by atoms with Crippen LogP contribution in [0.5, 0.6) is 5.75 Å². The Morgan fingerprint density at radius 3 is 2.37 bits per heavy atom. The lowest BCUT2D eigenvalue weighted by Gasteiger charge is -2.12.